The highest BCUT2D eigenvalue weighted by Crippen LogP contribution is 2.36. The van der Waals surface area contributed by atoms with E-state index in [2.05, 4.69) is 78.5 Å². The van der Waals surface area contributed by atoms with E-state index < -0.39 is 0 Å². The second-order valence-corrected chi connectivity index (χ2v) is 7.05. The first kappa shape index (κ1) is 17.1. The molecule has 2 atom stereocenters. The largest absolute Gasteiger partial charge is 0.176 e. The van der Waals surface area contributed by atoms with Crippen LogP contribution in [0.5, 0.6) is 0 Å². The smallest absolute Gasteiger partial charge is 0.108 e. The lowest BCUT2D eigenvalue weighted by Gasteiger charge is -2.33. The monoisotopic (exact) mass is 270 g/mol. The molecule has 110 valence electrons. The van der Waals surface area contributed by atoms with Gasteiger partial charge in [0.05, 0.1) is 0 Å². The molecule has 2 unspecified atom stereocenters. The van der Waals surface area contributed by atoms with Crippen molar-refractivity contribution in [2.45, 2.75) is 59.6 Å². The van der Waals surface area contributed by atoms with Gasteiger partial charge in [-0.05, 0) is 12.0 Å². The van der Waals surface area contributed by atoms with Gasteiger partial charge in [-0.3, -0.25) is 0 Å². The average molecular weight is 270 g/mol. The first-order valence-electron chi connectivity index (χ1n) is 8.06. The Bertz CT molecular complexity index is 391. The van der Waals surface area contributed by atoms with E-state index in [1.807, 2.05) is 0 Å². The molecule has 20 heavy (non-hydrogen) atoms. The zero-order chi connectivity index (χ0) is 15.3. The van der Waals surface area contributed by atoms with Crippen LogP contribution in [-0.4, -0.2) is 6.71 Å². The minimum Gasteiger partial charge on any atom is -0.108 e. The highest BCUT2D eigenvalue weighted by Gasteiger charge is 2.33. The third-order valence-corrected chi connectivity index (χ3v) is 4.98. The van der Waals surface area contributed by atoms with Gasteiger partial charge in [0.2, 0.25) is 0 Å². The van der Waals surface area contributed by atoms with E-state index in [1.165, 1.54) is 11.0 Å². The second-order valence-electron chi connectivity index (χ2n) is 7.05. The fourth-order valence-electron chi connectivity index (χ4n) is 3.03. The van der Waals surface area contributed by atoms with Crippen molar-refractivity contribution < 1.29 is 0 Å². The van der Waals surface area contributed by atoms with Crippen molar-refractivity contribution in [1.82, 2.24) is 0 Å². The van der Waals surface area contributed by atoms with Gasteiger partial charge in [0, 0.05) is 0 Å². The van der Waals surface area contributed by atoms with E-state index in [-0.39, 0.29) is 0 Å². The van der Waals surface area contributed by atoms with Crippen LogP contribution >= 0.6 is 0 Å². The molecule has 0 heterocycles. The van der Waals surface area contributed by atoms with E-state index in [9.17, 15) is 0 Å². The Morgan fingerprint density at radius 3 is 1.75 bits per heavy atom. The second kappa shape index (κ2) is 7.71. The molecule has 0 spiro atoms. The lowest BCUT2D eigenvalue weighted by molar-refractivity contribution is 0.564. The molecule has 1 rings (SSSR count). The molecule has 1 aromatic rings. The summed E-state index contributed by atoms with van der Waals surface area (Å²) in [7, 11) is 0. The third-order valence-electron chi connectivity index (χ3n) is 4.98. The Balaban J connectivity index is 2.90. The highest BCUT2D eigenvalue weighted by atomic mass is 14.1. The SMILES string of the molecule is C=C(Cc1ccccc1)B(C(C)C(C)C)C(C)C(C)C. The summed E-state index contributed by atoms with van der Waals surface area (Å²) in [5.74, 6) is 2.77. The molecule has 1 heteroatoms. The summed E-state index contributed by atoms with van der Waals surface area (Å²) in [4.78, 5) is 0. The summed E-state index contributed by atoms with van der Waals surface area (Å²) in [6, 6.07) is 10.7. The molecule has 0 aliphatic carbocycles. The standard InChI is InChI=1S/C19H31B/c1-14(2)17(6)20(18(7)15(3)4)16(5)13-19-11-9-8-10-12-19/h8-12,14-15,17-18H,5,13H2,1-4,6-7H3. The Labute approximate surface area is 126 Å². The third kappa shape index (κ3) is 4.54. The van der Waals surface area contributed by atoms with Gasteiger partial charge in [-0.25, -0.2) is 0 Å². The molecule has 0 aliphatic rings. The van der Waals surface area contributed by atoms with Crippen LogP contribution in [0.3, 0.4) is 0 Å². The minimum atomic E-state index is 0.607. The van der Waals surface area contributed by atoms with Gasteiger partial charge in [-0.1, -0.05) is 95.3 Å². The molecule has 0 nitrogen and oxygen atoms in total. The maximum Gasteiger partial charge on any atom is 0.176 e. The van der Waals surface area contributed by atoms with Crippen LogP contribution in [0.1, 0.15) is 47.1 Å². The quantitative estimate of drug-likeness (QED) is 0.540. The number of allylic oxidation sites excluding steroid dienone is 1. The van der Waals surface area contributed by atoms with Gasteiger partial charge >= 0.3 is 0 Å². The van der Waals surface area contributed by atoms with Gasteiger partial charge in [-0.15, -0.1) is 12.1 Å². The molecule has 0 N–H and O–H groups in total. The maximum absolute atomic E-state index is 4.46. The number of rotatable bonds is 7. The predicted molar refractivity (Wildman–Crippen MR) is 93.6 cm³/mol. The molecule has 0 amide bonds. The summed E-state index contributed by atoms with van der Waals surface area (Å²) in [5, 5.41) is 0. The molecule has 0 aliphatic heterocycles. The van der Waals surface area contributed by atoms with Crippen molar-refractivity contribution in [3.63, 3.8) is 0 Å². The molecule has 0 saturated heterocycles. The topological polar surface area (TPSA) is 0 Å². The molecule has 0 saturated carbocycles. The first-order valence-corrected chi connectivity index (χ1v) is 8.06. The van der Waals surface area contributed by atoms with Gasteiger partial charge in [0.25, 0.3) is 0 Å². The van der Waals surface area contributed by atoms with E-state index >= 15 is 0 Å². The van der Waals surface area contributed by atoms with Crippen LogP contribution in [0.15, 0.2) is 42.4 Å². The molecular formula is C19H31B. The highest BCUT2D eigenvalue weighted by molar-refractivity contribution is 6.69. The van der Waals surface area contributed by atoms with Crippen LogP contribution in [0.25, 0.3) is 0 Å². The number of hydrogen-bond acceptors (Lipinski definition) is 0. The molecule has 0 bridgehead atoms. The van der Waals surface area contributed by atoms with Crippen LogP contribution in [0.4, 0.5) is 0 Å². The molecule has 0 aromatic heterocycles. The van der Waals surface area contributed by atoms with Crippen LogP contribution in [-0.2, 0) is 6.42 Å². The van der Waals surface area contributed by atoms with Crippen molar-refractivity contribution in [1.29, 1.82) is 0 Å². The van der Waals surface area contributed by atoms with Crippen molar-refractivity contribution in [3.8, 4) is 0 Å². The zero-order valence-electron chi connectivity index (χ0n) is 14.2. The fourth-order valence-corrected chi connectivity index (χ4v) is 3.03. The molecule has 1 aromatic carbocycles. The fraction of sp³-hybridized carbons (Fsp3) is 0.579. The summed E-state index contributed by atoms with van der Waals surface area (Å²) in [6.07, 6.45) is 1.01. The van der Waals surface area contributed by atoms with E-state index in [0.717, 1.165) is 6.42 Å². The Hall–Kier alpha value is -0.975. The van der Waals surface area contributed by atoms with Crippen molar-refractivity contribution in [2.75, 3.05) is 0 Å². The summed E-state index contributed by atoms with van der Waals surface area (Å²) < 4.78 is 0. The normalized spacial score (nSPS) is 14.4. The lowest BCUT2D eigenvalue weighted by Crippen LogP contribution is -2.32. The first-order chi connectivity index (χ1) is 9.34. The van der Waals surface area contributed by atoms with Crippen LogP contribution in [0, 0.1) is 11.8 Å². The van der Waals surface area contributed by atoms with Crippen molar-refractivity contribution >= 4 is 6.71 Å². The van der Waals surface area contributed by atoms with Gasteiger partial charge in [0.1, 0.15) is 0 Å². The number of benzene rings is 1. The lowest BCUT2D eigenvalue weighted by atomic mass is 9.27. The minimum absolute atomic E-state index is 0.607. The zero-order valence-corrected chi connectivity index (χ0v) is 14.2. The van der Waals surface area contributed by atoms with Crippen molar-refractivity contribution in [3.05, 3.63) is 47.9 Å². The van der Waals surface area contributed by atoms with Crippen LogP contribution in [0.2, 0.25) is 11.6 Å². The summed E-state index contributed by atoms with van der Waals surface area (Å²) in [5.41, 5.74) is 2.79. The maximum atomic E-state index is 4.46. The summed E-state index contributed by atoms with van der Waals surface area (Å²) in [6.45, 7) is 19.2. The molecule has 0 fully saturated rings. The Morgan fingerprint density at radius 2 is 1.35 bits per heavy atom. The van der Waals surface area contributed by atoms with Gasteiger partial charge < -0.3 is 0 Å². The van der Waals surface area contributed by atoms with Crippen molar-refractivity contribution in [2.24, 2.45) is 11.8 Å². The van der Waals surface area contributed by atoms with Gasteiger partial charge in [0.15, 0.2) is 6.71 Å². The van der Waals surface area contributed by atoms with E-state index in [1.54, 1.807) is 0 Å². The number of hydrogen-bond donors (Lipinski definition) is 0. The predicted octanol–water partition coefficient (Wildman–Crippen LogP) is 5.91. The van der Waals surface area contributed by atoms with E-state index in [0.29, 0.717) is 30.2 Å². The molecular weight excluding hydrogens is 239 g/mol. The average Bonchev–Trinajstić information content (AvgIpc) is 2.39. The van der Waals surface area contributed by atoms with E-state index in [4.69, 9.17) is 0 Å². The molecule has 0 radical (unpaired) electrons. The Morgan fingerprint density at radius 1 is 0.900 bits per heavy atom. The van der Waals surface area contributed by atoms with Crippen LogP contribution < -0.4 is 0 Å². The Kier molecular flexibility index (Phi) is 6.59. The van der Waals surface area contributed by atoms with Gasteiger partial charge in [-0.2, -0.15) is 0 Å². The summed E-state index contributed by atoms with van der Waals surface area (Å²) >= 11 is 0.